The summed E-state index contributed by atoms with van der Waals surface area (Å²) in [7, 11) is 0. The highest BCUT2D eigenvalue weighted by Crippen LogP contribution is 2.37. The third kappa shape index (κ3) is 3.82. The molecule has 0 amide bonds. The average Bonchev–Trinajstić information content (AvgIpc) is 2.46. The summed E-state index contributed by atoms with van der Waals surface area (Å²) >= 11 is 0. The van der Waals surface area contributed by atoms with Crippen molar-refractivity contribution in [3.8, 4) is 0 Å². The van der Waals surface area contributed by atoms with E-state index in [9.17, 15) is 4.79 Å². The fraction of sp³-hybridized carbons (Fsp3) is 0.588. The zero-order valence-electron chi connectivity index (χ0n) is 11.8. The van der Waals surface area contributed by atoms with Gasteiger partial charge in [-0.2, -0.15) is 0 Å². The minimum absolute atomic E-state index is 0.389. The fourth-order valence-electron chi connectivity index (χ4n) is 3.18. The smallest absolute Gasteiger partial charge is 0.335 e. The van der Waals surface area contributed by atoms with E-state index in [0.717, 1.165) is 5.92 Å². The number of carbonyl (C=O) groups is 1. The van der Waals surface area contributed by atoms with Gasteiger partial charge in [0.1, 0.15) is 0 Å². The topological polar surface area (TPSA) is 37.3 Å². The van der Waals surface area contributed by atoms with Gasteiger partial charge in [-0.25, -0.2) is 4.79 Å². The highest BCUT2D eigenvalue weighted by atomic mass is 16.4. The lowest BCUT2D eigenvalue weighted by molar-refractivity contribution is 0.0697. The van der Waals surface area contributed by atoms with Crippen molar-refractivity contribution in [1.82, 2.24) is 0 Å². The SMILES string of the molecule is CCCC[C@H]1CC[C@H](c2ccc(C(=O)O)cc2)CC1. The van der Waals surface area contributed by atoms with Crippen LogP contribution in [0.1, 0.15) is 73.7 Å². The first-order valence-electron chi connectivity index (χ1n) is 7.54. The van der Waals surface area contributed by atoms with Crippen LogP contribution in [0, 0.1) is 5.92 Å². The standard InChI is InChI=1S/C17H24O2/c1-2-3-4-13-5-7-14(8-6-13)15-9-11-16(12-10-15)17(18)19/h9-14H,2-8H2,1H3,(H,18,19)/t13-,14-. The normalized spacial score (nSPS) is 23.2. The Morgan fingerprint density at radius 1 is 1.16 bits per heavy atom. The molecule has 0 bridgehead atoms. The van der Waals surface area contributed by atoms with Crippen LogP contribution < -0.4 is 0 Å². The lowest BCUT2D eigenvalue weighted by Gasteiger charge is -2.28. The summed E-state index contributed by atoms with van der Waals surface area (Å²) in [5.74, 6) is 0.727. The largest absolute Gasteiger partial charge is 0.478 e. The highest BCUT2D eigenvalue weighted by Gasteiger charge is 2.22. The number of unbranched alkanes of at least 4 members (excludes halogenated alkanes) is 1. The monoisotopic (exact) mass is 260 g/mol. The number of carboxylic acids is 1. The summed E-state index contributed by atoms with van der Waals surface area (Å²) in [6.07, 6.45) is 9.26. The van der Waals surface area contributed by atoms with E-state index in [0.29, 0.717) is 11.5 Å². The molecule has 0 spiro atoms. The molecule has 1 aliphatic carbocycles. The molecular formula is C17H24O2. The average molecular weight is 260 g/mol. The predicted molar refractivity (Wildman–Crippen MR) is 77.6 cm³/mol. The molecule has 2 rings (SSSR count). The van der Waals surface area contributed by atoms with Crippen LogP contribution in [0.3, 0.4) is 0 Å². The van der Waals surface area contributed by atoms with Crippen molar-refractivity contribution >= 4 is 5.97 Å². The Morgan fingerprint density at radius 3 is 2.32 bits per heavy atom. The van der Waals surface area contributed by atoms with Crippen LogP contribution >= 0.6 is 0 Å². The van der Waals surface area contributed by atoms with Crippen LogP contribution in [-0.4, -0.2) is 11.1 Å². The first-order chi connectivity index (χ1) is 9.20. The number of hydrogen-bond acceptors (Lipinski definition) is 1. The molecule has 0 unspecified atom stereocenters. The molecule has 0 atom stereocenters. The van der Waals surface area contributed by atoms with E-state index in [2.05, 4.69) is 6.92 Å². The Labute approximate surface area is 115 Å². The lowest BCUT2D eigenvalue weighted by atomic mass is 9.77. The molecule has 104 valence electrons. The van der Waals surface area contributed by atoms with Crippen molar-refractivity contribution in [3.05, 3.63) is 35.4 Å². The summed E-state index contributed by atoms with van der Waals surface area (Å²) in [5, 5.41) is 8.90. The van der Waals surface area contributed by atoms with Crippen molar-refractivity contribution in [2.45, 2.75) is 57.8 Å². The summed E-state index contributed by atoms with van der Waals surface area (Å²) in [4.78, 5) is 10.8. The van der Waals surface area contributed by atoms with Gasteiger partial charge in [0.05, 0.1) is 5.56 Å². The Kier molecular flexibility index (Phi) is 5.00. The van der Waals surface area contributed by atoms with Gasteiger partial charge in [0.2, 0.25) is 0 Å². The second-order valence-electron chi connectivity index (χ2n) is 5.79. The van der Waals surface area contributed by atoms with Crippen molar-refractivity contribution in [2.75, 3.05) is 0 Å². The maximum Gasteiger partial charge on any atom is 0.335 e. The Bertz CT molecular complexity index is 400. The van der Waals surface area contributed by atoms with Crippen molar-refractivity contribution in [3.63, 3.8) is 0 Å². The van der Waals surface area contributed by atoms with Gasteiger partial charge in [0.15, 0.2) is 0 Å². The molecule has 19 heavy (non-hydrogen) atoms. The van der Waals surface area contributed by atoms with Gasteiger partial charge < -0.3 is 5.11 Å². The molecule has 1 fully saturated rings. The van der Waals surface area contributed by atoms with Crippen LogP contribution in [-0.2, 0) is 0 Å². The fourth-order valence-corrected chi connectivity index (χ4v) is 3.18. The third-order valence-electron chi connectivity index (χ3n) is 4.44. The lowest BCUT2D eigenvalue weighted by Crippen LogP contribution is -2.13. The maximum atomic E-state index is 10.8. The summed E-state index contributed by atoms with van der Waals surface area (Å²) in [6.45, 7) is 2.26. The van der Waals surface area contributed by atoms with Gasteiger partial charge >= 0.3 is 5.97 Å². The zero-order valence-corrected chi connectivity index (χ0v) is 11.8. The quantitative estimate of drug-likeness (QED) is 0.821. The van der Waals surface area contributed by atoms with E-state index >= 15 is 0 Å². The first kappa shape index (κ1) is 14.1. The third-order valence-corrected chi connectivity index (χ3v) is 4.44. The maximum absolute atomic E-state index is 10.8. The Morgan fingerprint density at radius 2 is 1.79 bits per heavy atom. The van der Waals surface area contributed by atoms with Crippen LogP contribution in [0.2, 0.25) is 0 Å². The first-order valence-corrected chi connectivity index (χ1v) is 7.54. The summed E-state index contributed by atoms with van der Waals surface area (Å²) in [6, 6.07) is 7.47. The van der Waals surface area contributed by atoms with Crippen molar-refractivity contribution in [1.29, 1.82) is 0 Å². The zero-order chi connectivity index (χ0) is 13.7. The van der Waals surface area contributed by atoms with E-state index in [1.54, 1.807) is 12.1 Å². The molecule has 1 aliphatic rings. The molecule has 0 aliphatic heterocycles. The van der Waals surface area contributed by atoms with Gasteiger partial charge in [-0.05, 0) is 55.2 Å². The van der Waals surface area contributed by atoms with Crippen LogP contribution in [0.15, 0.2) is 24.3 Å². The molecule has 1 saturated carbocycles. The molecule has 1 N–H and O–H groups in total. The number of benzene rings is 1. The molecule has 2 nitrogen and oxygen atoms in total. The molecule has 0 saturated heterocycles. The van der Waals surface area contributed by atoms with E-state index in [4.69, 9.17) is 5.11 Å². The minimum Gasteiger partial charge on any atom is -0.478 e. The van der Waals surface area contributed by atoms with Gasteiger partial charge in [-0.1, -0.05) is 38.3 Å². The highest BCUT2D eigenvalue weighted by molar-refractivity contribution is 5.87. The van der Waals surface area contributed by atoms with Crippen LogP contribution in [0.5, 0.6) is 0 Å². The second kappa shape index (κ2) is 6.74. The number of rotatable bonds is 5. The summed E-state index contributed by atoms with van der Waals surface area (Å²) < 4.78 is 0. The molecule has 0 radical (unpaired) electrons. The van der Waals surface area contributed by atoms with E-state index < -0.39 is 5.97 Å². The summed E-state index contributed by atoms with van der Waals surface area (Å²) in [5.41, 5.74) is 1.71. The predicted octanol–water partition coefficient (Wildman–Crippen LogP) is 4.85. The van der Waals surface area contributed by atoms with Crippen molar-refractivity contribution in [2.24, 2.45) is 5.92 Å². The molecule has 0 heterocycles. The van der Waals surface area contributed by atoms with Gasteiger partial charge in [0, 0.05) is 0 Å². The van der Waals surface area contributed by atoms with Gasteiger partial charge in [-0.3, -0.25) is 0 Å². The molecule has 0 aromatic heterocycles. The Hall–Kier alpha value is -1.31. The van der Waals surface area contributed by atoms with E-state index in [1.807, 2.05) is 12.1 Å². The van der Waals surface area contributed by atoms with E-state index in [-0.39, 0.29) is 0 Å². The number of carboxylic acid groups (broad SMARTS) is 1. The Balaban J connectivity index is 1.88. The minimum atomic E-state index is -0.838. The van der Waals surface area contributed by atoms with Crippen LogP contribution in [0.25, 0.3) is 0 Å². The molecule has 2 heteroatoms. The van der Waals surface area contributed by atoms with E-state index in [1.165, 1.54) is 50.5 Å². The second-order valence-corrected chi connectivity index (χ2v) is 5.79. The van der Waals surface area contributed by atoms with Crippen LogP contribution in [0.4, 0.5) is 0 Å². The van der Waals surface area contributed by atoms with Gasteiger partial charge in [-0.15, -0.1) is 0 Å². The van der Waals surface area contributed by atoms with Gasteiger partial charge in [0.25, 0.3) is 0 Å². The number of hydrogen-bond donors (Lipinski definition) is 1. The molecule has 1 aromatic carbocycles. The number of aromatic carboxylic acids is 1. The van der Waals surface area contributed by atoms with Crippen molar-refractivity contribution < 1.29 is 9.90 Å². The molecule has 1 aromatic rings. The molecular weight excluding hydrogens is 236 g/mol.